The van der Waals surface area contributed by atoms with Gasteiger partial charge in [-0.3, -0.25) is 4.79 Å². The van der Waals surface area contributed by atoms with Crippen LogP contribution in [0.25, 0.3) is 0 Å². The van der Waals surface area contributed by atoms with E-state index < -0.39 is 6.17 Å². The van der Waals surface area contributed by atoms with Crippen LogP contribution in [0.1, 0.15) is 40.5 Å². The summed E-state index contributed by atoms with van der Waals surface area (Å²) in [4.78, 5) is 11.4. The minimum atomic E-state index is -1.06. The third-order valence-electron chi connectivity index (χ3n) is 3.29. The molecule has 0 amide bonds. The van der Waals surface area contributed by atoms with E-state index >= 15 is 0 Å². The smallest absolute Gasteiger partial charge is 0.135 e. The molecule has 0 fully saturated rings. The molecule has 0 aliphatic carbocycles. The largest absolute Gasteiger partial charge is 0.379 e. The quantitative estimate of drug-likeness (QED) is 0.423. The summed E-state index contributed by atoms with van der Waals surface area (Å²) in [6, 6.07) is 0.483. The Morgan fingerprint density at radius 1 is 1.00 bits per heavy atom. The number of hydrogen-bond donors (Lipinski definition) is 2. The topological polar surface area (TPSA) is 59.6 Å². The van der Waals surface area contributed by atoms with Gasteiger partial charge in [-0.05, 0) is 6.42 Å². The summed E-state index contributed by atoms with van der Waals surface area (Å²) in [5, 5.41) is 6.45. The first-order valence-corrected chi connectivity index (χ1v) is 8.69. The summed E-state index contributed by atoms with van der Waals surface area (Å²) in [6.07, 6.45) is -0.513. The molecule has 0 heterocycles. The predicted octanol–water partition coefficient (Wildman–Crippen LogP) is 1.95. The molecule has 0 bridgehead atoms. The summed E-state index contributed by atoms with van der Waals surface area (Å²) in [5.41, 5.74) is 0. The van der Waals surface area contributed by atoms with Crippen LogP contribution >= 0.6 is 0 Å². The SMILES string of the molecule is CC(C)NCCOCCNCCOCC(F)CCC(=O)C(C)C. The average Bonchev–Trinajstić information content (AvgIpc) is 2.49. The second-order valence-electron chi connectivity index (χ2n) is 6.30. The molecule has 0 aromatic heterocycles. The van der Waals surface area contributed by atoms with Gasteiger partial charge in [-0.15, -0.1) is 0 Å². The molecule has 5 nitrogen and oxygen atoms in total. The zero-order chi connectivity index (χ0) is 17.5. The van der Waals surface area contributed by atoms with E-state index in [0.29, 0.717) is 38.8 Å². The average molecular weight is 334 g/mol. The van der Waals surface area contributed by atoms with E-state index in [-0.39, 0.29) is 24.7 Å². The third kappa shape index (κ3) is 16.1. The Labute approximate surface area is 140 Å². The first kappa shape index (κ1) is 22.4. The molecular weight excluding hydrogens is 299 g/mol. The Morgan fingerprint density at radius 3 is 2.22 bits per heavy atom. The van der Waals surface area contributed by atoms with Crippen molar-refractivity contribution in [3.63, 3.8) is 0 Å². The van der Waals surface area contributed by atoms with Crippen molar-refractivity contribution < 1.29 is 18.7 Å². The van der Waals surface area contributed by atoms with Gasteiger partial charge in [-0.1, -0.05) is 27.7 Å². The number of carbonyl (C=O) groups is 1. The molecule has 138 valence electrons. The van der Waals surface area contributed by atoms with E-state index in [9.17, 15) is 9.18 Å². The maximum absolute atomic E-state index is 13.5. The highest BCUT2D eigenvalue weighted by Gasteiger charge is 2.12. The number of carbonyl (C=O) groups excluding carboxylic acids is 1. The third-order valence-corrected chi connectivity index (χ3v) is 3.29. The van der Waals surface area contributed by atoms with Crippen molar-refractivity contribution in [1.29, 1.82) is 0 Å². The Kier molecular flexibility index (Phi) is 14.6. The van der Waals surface area contributed by atoms with E-state index in [1.807, 2.05) is 13.8 Å². The van der Waals surface area contributed by atoms with Crippen LogP contribution in [0.5, 0.6) is 0 Å². The fourth-order valence-electron chi connectivity index (χ4n) is 1.82. The molecule has 2 N–H and O–H groups in total. The van der Waals surface area contributed by atoms with Gasteiger partial charge in [0.2, 0.25) is 0 Å². The van der Waals surface area contributed by atoms with Gasteiger partial charge < -0.3 is 20.1 Å². The lowest BCUT2D eigenvalue weighted by molar-refractivity contribution is -0.122. The molecule has 0 aliphatic heterocycles. The summed E-state index contributed by atoms with van der Waals surface area (Å²) in [6.45, 7) is 12.0. The molecular formula is C17H35FN2O3. The van der Waals surface area contributed by atoms with E-state index in [2.05, 4.69) is 24.5 Å². The maximum Gasteiger partial charge on any atom is 0.135 e. The molecule has 1 atom stereocenters. The van der Waals surface area contributed by atoms with E-state index in [0.717, 1.165) is 13.1 Å². The lowest BCUT2D eigenvalue weighted by Crippen LogP contribution is -2.29. The number of ether oxygens (including phenoxy) is 2. The number of Topliss-reactive ketones (excluding diaryl/α,β-unsaturated/α-hetero) is 1. The van der Waals surface area contributed by atoms with Crippen LogP contribution in [0.15, 0.2) is 0 Å². The number of ketones is 1. The first-order valence-electron chi connectivity index (χ1n) is 8.69. The molecule has 23 heavy (non-hydrogen) atoms. The van der Waals surface area contributed by atoms with Crippen molar-refractivity contribution in [1.82, 2.24) is 10.6 Å². The van der Waals surface area contributed by atoms with E-state index in [1.54, 1.807) is 0 Å². The summed E-state index contributed by atoms with van der Waals surface area (Å²) in [5.74, 6) is 0.0913. The van der Waals surface area contributed by atoms with Crippen molar-refractivity contribution in [2.24, 2.45) is 5.92 Å². The van der Waals surface area contributed by atoms with Gasteiger partial charge in [0.25, 0.3) is 0 Å². The molecule has 0 aliphatic rings. The Bertz CT molecular complexity index is 289. The van der Waals surface area contributed by atoms with Gasteiger partial charge in [0.05, 0.1) is 26.4 Å². The second kappa shape index (κ2) is 15.0. The van der Waals surface area contributed by atoms with Gasteiger partial charge in [0.15, 0.2) is 0 Å². The fraction of sp³-hybridized carbons (Fsp3) is 0.941. The number of halogens is 1. The van der Waals surface area contributed by atoms with Crippen molar-refractivity contribution in [2.75, 3.05) is 46.1 Å². The van der Waals surface area contributed by atoms with Gasteiger partial charge >= 0.3 is 0 Å². The molecule has 0 rings (SSSR count). The van der Waals surface area contributed by atoms with E-state index in [4.69, 9.17) is 9.47 Å². The Hall–Kier alpha value is -0.560. The number of alkyl halides is 1. The second-order valence-corrected chi connectivity index (χ2v) is 6.30. The number of rotatable bonds is 16. The van der Waals surface area contributed by atoms with Gasteiger partial charge in [0.1, 0.15) is 12.0 Å². The van der Waals surface area contributed by atoms with Crippen LogP contribution in [-0.4, -0.2) is 64.1 Å². The maximum atomic E-state index is 13.5. The van der Waals surface area contributed by atoms with Crippen LogP contribution in [0.4, 0.5) is 4.39 Å². The van der Waals surface area contributed by atoms with E-state index in [1.165, 1.54) is 0 Å². The van der Waals surface area contributed by atoms with Crippen LogP contribution < -0.4 is 10.6 Å². The fourth-order valence-corrected chi connectivity index (χ4v) is 1.82. The first-order chi connectivity index (χ1) is 10.9. The minimum Gasteiger partial charge on any atom is -0.379 e. The highest BCUT2D eigenvalue weighted by atomic mass is 19.1. The highest BCUT2D eigenvalue weighted by molar-refractivity contribution is 5.80. The van der Waals surface area contributed by atoms with Gasteiger partial charge in [-0.25, -0.2) is 4.39 Å². The van der Waals surface area contributed by atoms with Crippen LogP contribution in [-0.2, 0) is 14.3 Å². The zero-order valence-corrected chi connectivity index (χ0v) is 15.2. The highest BCUT2D eigenvalue weighted by Crippen LogP contribution is 2.07. The molecule has 0 saturated heterocycles. The lowest BCUT2D eigenvalue weighted by atomic mass is 10.0. The number of nitrogens with one attached hydrogen (secondary N) is 2. The number of hydrogen-bond acceptors (Lipinski definition) is 5. The van der Waals surface area contributed by atoms with Crippen molar-refractivity contribution in [3.8, 4) is 0 Å². The van der Waals surface area contributed by atoms with Crippen molar-refractivity contribution >= 4 is 5.78 Å². The lowest BCUT2D eigenvalue weighted by Gasteiger charge is -2.11. The minimum absolute atomic E-state index is 0.0179. The van der Waals surface area contributed by atoms with Gasteiger partial charge in [0, 0.05) is 38.0 Å². The van der Waals surface area contributed by atoms with Gasteiger partial charge in [-0.2, -0.15) is 0 Å². The summed E-state index contributed by atoms with van der Waals surface area (Å²) >= 11 is 0. The molecule has 0 saturated carbocycles. The Morgan fingerprint density at radius 2 is 1.61 bits per heavy atom. The molecule has 0 spiro atoms. The monoisotopic (exact) mass is 334 g/mol. The predicted molar refractivity (Wildman–Crippen MR) is 91.6 cm³/mol. The standard InChI is InChI=1S/C17H35FN2O3/c1-14(2)17(21)6-5-16(18)13-23-11-8-19-7-10-22-12-9-20-15(3)4/h14-16,19-20H,5-13H2,1-4H3. The molecule has 0 aromatic carbocycles. The summed E-state index contributed by atoms with van der Waals surface area (Å²) < 4.78 is 24.2. The Balaban J connectivity index is 3.25. The molecule has 1 unspecified atom stereocenters. The molecule has 0 radical (unpaired) electrons. The molecule has 0 aromatic rings. The van der Waals surface area contributed by atoms with Crippen molar-refractivity contribution in [2.45, 2.75) is 52.8 Å². The summed E-state index contributed by atoms with van der Waals surface area (Å²) in [7, 11) is 0. The normalized spacial score (nSPS) is 13.0. The van der Waals surface area contributed by atoms with Crippen LogP contribution in [0, 0.1) is 5.92 Å². The van der Waals surface area contributed by atoms with Crippen molar-refractivity contribution in [3.05, 3.63) is 0 Å². The van der Waals surface area contributed by atoms with Crippen LogP contribution in [0.2, 0.25) is 0 Å². The molecule has 6 heteroatoms. The van der Waals surface area contributed by atoms with Crippen LogP contribution in [0.3, 0.4) is 0 Å². The zero-order valence-electron chi connectivity index (χ0n) is 15.2.